The molecule has 1 N–H and O–H groups in total. The van der Waals surface area contributed by atoms with Gasteiger partial charge in [-0.25, -0.2) is 4.39 Å². The summed E-state index contributed by atoms with van der Waals surface area (Å²) in [6.45, 7) is 2.44. The van der Waals surface area contributed by atoms with Gasteiger partial charge < -0.3 is 19.5 Å². The van der Waals surface area contributed by atoms with Crippen LogP contribution in [0, 0.1) is 17.7 Å². The van der Waals surface area contributed by atoms with Gasteiger partial charge in [-0.3, -0.25) is 9.78 Å². The number of hydrogen-bond donors (Lipinski definition) is 1. The molecule has 0 aliphatic carbocycles. The Labute approximate surface area is 213 Å². The van der Waals surface area contributed by atoms with Gasteiger partial charge in [-0.1, -0.05) is 6.07 Å². The predicted octanol–water partition coefficient (Wildman–Crippen LogP) is 5.16. The normalized spacial score (nSPS) is 19.5. The number of esters is 1. The highest BCUT2D eigenvalue weighted by Gasteiger charge is 2.35. The zero-order valence-electron chi connectivity index (χ0n) is 20.0. The second-order valence-corrected chi connectivity index (χ2v) is 11.1. The van der Waals surface area contributed by atoms with E-state index in [2.05, 4.69) is 27.4 Å². The molecule has 1 unspecified atom stereocenters. The van der Waals surface area contributed by atoms with Crippen LogP contribution in [-0.2, 0) is 9.53 Å². The molecule has 1 aliphatic heterocycles. The van der Waals surface area contributed by atoms with Crippen LogP contribution in [0.1, 0.15) is 30.9 Å². The molecule has 4 rings (SSSR count). The van der Waals surface area contributed by atoms with E-state index in [1.54, 1.807) is 36.6 Å². The average Bonchev–Trinajstić information content (AvgIpc) is 3.40. The Bertz CT molecular complexity index is 1130. The number of fused-ring (bicyclic) bond motifs is 1. The van der Waals surface area contributed by atoms with E-state index in [0.717, 1.165) is 31.5 Å². The van der Waals surface area contributed by atoms with Crippen LogP contribution in [0.25, 0.3) is 10.9 Å². The van der Waals surface area contributed by atoms with Gasteiger partial charge in [0.2, 0.25) is 0 Å². The van der Waals surface area contributed by atoms with Gasteiger partial charge in [0.25, 0.3) is 0 Å². The Morgan fingerprint density at radius 1 is 1.37 bits per heavy atom. The number of halogens is 1. The lowest BCUT2D eigenvalue weighted by atomic mass is 9.81. The zero-order chi connectivity index (χ0) is 24.8. The molecule has 0 bridgehead atoms. The summed E-state index contributed by atoms with van der Waals surface area (Å²) in [7, 11) is 2.97. The van der Waals surface area contributed by atoms with E-state index >= 15 is 0 Å². The summed E-state index contributed by atoms with van der Waals surface area (Å²) in [5.74, 6) is 0.603. The number of piperidine rings is 1. The second-order valence-electron chi connectivity index (χ2n) is 8.76. The first-order valence-corrected chi connectivity index (χ1v) is 13.6. The van der Waals surface area contributed by atoms with Crippen molar-refractivity contribution in [1.29, 1.82) is 0 Å². The summed E-state index contributed by atoms with van der Waals surface area (Å²) in [5, 5.41) is 13.6. The van der Waals surface area contributed by atoms with Crippen LogP contribution in [0.2, 0.25) is 0 Å². The number of carbonyl (C=O) groups excluding carboxylic acids is 1. The Morgan fingerprint density at radius 3 is 2.97 bits per heavy atom. The van der Waals surface area contributed by atoms with E-state index in [1.807, 2.05) is 11.8 Å². The maximum absolute atomic E-state index is 14.8. The van der Waals surface area contributed by atoms with Crippen LogP contribution >= 0.6 is 23.1 Å². The van der Waals surface area contributed by atoms with Crippen LogP contribution in [0.5, 0.6) is 5.75 Å². The fourth-order valence-electron chi connectivity index (χ4n) is 4.81. The lowest BCUT2D eigenvalue weighted by molar-refractivity contribution is -0.150. The smallest absolute Gasteiger partial charge is 0.310 e. The molecule has 2 aromatic heterocycles. The number of benzene rings is 1. The minimum atomic E-state index is -1.01. The Hall–Kier alpha value is -2.20. The van der Waals surface area contributed by atoms with Crippen molar-refractivity contribution in [2.24, 2.45) is 11.8 Å². The highest BCUT2D eigenvalue weighted by atomic mass is 32.2. The van der Waals surface area contributed by atoms with Crippen LogP contribution in [0.3, 0.4) is 0 Å². The molecule has 0 amide bonds. The summed E-state index contributed by atoms with van der Waals surface area (Å²) in [5.41, 5.74) is 0.828. The quantitative estimate of drug-likeness (QED) is 0.294. The van der Waals surface area contributed by atoms with Crippen molar-refractivity contribution in [3.05, 3.63) is 53.3 Å². The van der Waals surface area contributed by atoms with E-state index in [9.17, 15) is 14.3 Å². The largest absolute Gasteiger partial charge is 0.497 e. The monoisotopic (exact) mass is 518 g/mol. The molecule has 1 aromatic carbocycles. The van der Waals surface area contributed by atoms with Crippen LogP contribution < -0.4 is 4.74 Å². The number of thiophene rings is 1. The third-order valence-corrected chi connectivity index (χ3v) is 8.81. The molecular formula is C26H31FN2O4S2. The van der Waals surface area contributed by atoms with E-state index in [1.165, 1.54) is 11.3 Å². The summed E-state index contributed by atoms with van der Waals surface area (Å²) < 4.78 is 26.4. The van der Waals surface area contributed by atoms with Crippen LogP contribution in [0.15, 0.2) is 46.1 Å². The lowest BCUT2D eigenvalue weighted by Crippen LogP contribution is -2.45. The van der Waals surface area contributed by atoms with Gasteiger partial charge in [0.15, 0.2) is 0 Å². The molecule has 1 fully saturated rings. The molecule has 9 heteroatoms. The SMILES string of the molecule is COC(=O)[C@@H]1CN(CCSc2cccs2)CCC1CC[C@@H](O)c1c(F)cnc2ccc(OC)cc12. The summed E-state index contributed by atoms with van der Waals surface area (Å²) in [4.78, 5) is 19.1. The minimum absolute atomic E-state index is 0.0731. The van der Waals surface area contributed by atoms with E-state index in [4.69, 9.17) is 9.47 Å². The number of aromatic nitrogens is 1. The summed E-state index contributed by atoms with van der Waals surface area (Å²) >= 11 is 3.57. The number of carbonyl (C=O) groups is 1. The van der Waals surface area contributed by atoms with E-state index in [0.29, 0.717) is 36.0 Å². The first-order chi connectivity index (χ1) is 17.0. The second kappa shape index (κ2) is 12.2. The number of likely N-dealkylation sites (tertiary alicyclic amines) is 1. The van der Waals surface area contributed by atoms with Gasteiger partial charge in [-0.15, -0.1) is 23.1 Å². The molecule has 0 saturated carbocycles. The maximum Gasteiger partial charge on any atom is 0.310 e. The summed E-state index contributed by atoms with van der Waals surface area (Å²) in [6, 6.07) is 9.39. The van der Waals surface area contributed by atoms with Crippen LogP contribution in [-0.4, -0.2) is 60.6 Å². The molecule has 0 spiro atoms. The third-order valence-electron chi connectivity index (χ3n) is 6.70. The fraction of sp³-hybridized carbons (Fsp3) is 0.462. The molecule has 3 heterocycles. The van der Waals surface area contributed by atoms with Crippen molar-refractivity contribution >= 4 is 40.0 Å². The number of hydrogen-bond acceptors (Lipinski definition) is 8. The molecule has 3 aromatic rings. The van der Waals surface area contributed by atoms with Crippen molar-refractivity contribution in [2.45, 2.75) is 29.6 Å². The highest BCUT2D eigenvalue weighted by Crippen LogP contribution is 2.35. The highest BCUT2D eigenvalue weighted by molar-refractivity contribution is 8.01. The number of rotatable bonds is 10. The van der Waals surface area contributed by atoms with E-state index < -0.39 is 11.9 Å². The predicted molar refractivity (Wildman–Crippen MR) is 138 cm³/mol. The molecular weight excluding hydrogens is 487 g/mol. The Morgan fingerprint density at radius 2 is 2.23 bits per heavy atom. The summed E-state index contributed by atoms with van der Waals surface area (Å²) in [6.07, 6.45) is 1.93. The number of aliphatic hydroxyl groups is 1. The fourth-order valence-corrected chi connectivity index (χ4v) is 6.67. The topological polar surface area (TPSA) is 71.9 Å². The maximum atomic E-state index is 14.8. The Balaban J connectivity index is 1.40. The zero-order valence-corrected chi connectivity index (χ0v) is 21.6. The molecule has 0 radical (unpaired) electrons. The number of thioether (sulfide) groups is 1. The Kier molecular flexibility index (Phi) is 8.99. The van der Waals surface area contributed by atoms with Crippen LogP contribution in [0.4, 0.5) is 4.39 Å². The van der Waals surface area contributed by atoms with Crippen molar-refractivity contribution in [3.8, 4) is 5.75 Å². The van der Waals surface area contributed by atoms with Gasteiger partial charge in [0.05, 0.1) is 42.2 Å². The van der Waals surface area contributed by atoms with Crippen molar-refractivity contribution in [3.63, 3.8) is 0 Å². The van der Waals surface area contributed by atoms with Crippen molar-refractivity contribution in [2.75, 3.05) is 39.6 Å². The van der Waals surface area contributed by atoms with Gasteiger partial charge in [-0.2, -0.15) is 0 Å². The lowest BCUT2D eigenvalue weighted by Gasteiger charge is -2.37. The van der Waals surface area contributed by atoms with Gasteiger partial charge in [0.1, 0.15) is 11.6 Å². The standard InChI is InChI=1S/C26H31FN2O4S2/c1-32-18-6-7-22-19(14-18)25(21(27)15-28-22)23(30)8-5-17-9-10-29(16-20(17)26(31)33-2)11-13-35-24-4-3-12-34-24/h3-4,6-7,12,14-15,17,20,23,30H,5,8-11,13,16H2,1-2H3/t17?,20-,23-/m1/s1. The number of ether oxygens (including phenoxy) is 2. The number of nitrogens with zero attached hydrogens (tertiary/aromatic N) is 2. The first kappa shape index (κ1) is 25.9. The number of aliphatic hydroxyl groups excluding tert-OH is 1. The van der Waals surface area contributed by atoms with Crippen molar-refractivity contribution in [1.82, 2.24) is 9.88 Å². The first-order valence-electron chi connectivity index (χ1n) is 11.8. The average molecular weight is 519 g/mol. The molecule has 35 heavy (non-hydrogen) atoms. The van der Waals surface area contributed by atoms with E-state index in [-0.39, 0.29) is 23.4 Å². The molecule has 3 atom stereocenters. The van der Waals surface area contributed by atoms with Gasteiger partial charge in [-0.05, 0) is 61.4 Å². The van der Waals surface area contributed by atoms with Crippen molar-refractivity contribution < 1.29 is 23.8 Å². The molecule has 188 valence electrons. The van der Waals surface area contributed by atoms with Gasteiger partial charge in [0, 0.05) is 29.8 Å². The molecule has 1 saturated heterocycles. The minimum Gasteiger partial charge on any atom is -0.497 e. The van der Waals surface area contributed by atoms with Gasteiger partial charge >= 0.3 is 5.97 Å². The number of pyridine rings is 1. The third kappa shape index (κ3) is 6.33. The number of methoxy groups -OCH3 is 2. The molecule has 6 nitrogen and oxygen atoms in total. The molecule has 1 aliphatic rings.